The number of nitrogens with zero attached hydrogens (tertiary/aromatic N) is 3. The number of methoxy groups -OCH3 is 2. The number of amides is 1. The number of hydrogen-bond acceptors (Lipinski definition) is 4. The first-order valence-electron chi connectivity index (χ1n) is 6.93. The van der Waals surface area contributed by atoms with Gasteiger partial charge in [-0.05, 0) is 25.0 Å². The van der Waals surface area contributed by atoms with Crippen molar-refractivity contribution in [3.05, 3.63) is 30.1 Å². The van der Waals surface area contributed by atoms with Crippen molar-refractivity contribution in [3.8, 4) is 5.75 Å². The molecule has 114 valence electrons. The minimum absolute atomic E-state index is 0.0492. The van der Waals surface area contributed by atoms with Gasteiger partial charge in [-0.1, -0.05) is 0 Å². The number of pyridine rings is 1. The van der Waals surface area contributed by atoms with Gasteiger partial charge in [-0.15, -0.1) is 0 Å². The molecule has 2 aromatic rings. The quantitative estimate of drug-likeness (QED) is 0.730. The van der Waals surface area contributed by atoms with Crippen molar-refractivity contribution >= 4 is 11.4 Å². The Morgan fingerprint density at radius 3 is 2.90 bits per heavy atom. The van der Waals surface area contributed by atoms with Crippen LogP contribution in [0.2, 0.25) is 0 Å². The molecule has 0 aliphatic heterocycles. The first kappa shape index (κ1) is 15.3. The van der Waals surface area contributed by atoms with Gasteiger partial charge in [-0.3, -0.25) is 4.79 Å². The van der Waals surface area contributed by atoms with E-state index in [1.807, 2.05) is 12.1 Å². The van der Waals surface area contributed by atoms with E-state index >= 15 is 0 Å². The van der Waals surface area contributed by atoms with E-state index in [0.29, 0.717) is 30.0 Å². The van der Waals surface area contributed by atoms with E-state index in [9.17, 15) is 4.79 Å². The molecule has 0 aromatic carbocycles. The van der Waals surface area contributed by atoms with Crippen LogP contribution in [0.25, 0.3) is 5.52 Å². The number of fused-ring (bicyclic) bond motifs is 1. The summed E-state index contributed by atoms with van der Waals surface area (Å²) in [6, 6.07) is 3.66. The van der Waals surface area contributed by atoms with E-state index in [4.69, 9.17) is 9.47 Å². The highest BCUT2D eigenvalue weighted by atomic mass is 16.5. The number of carbonyl (C=O) groups is 1. The summed E-state index contributed by atoms with van der Waals surface area (Å²) >= 11 is 0. The topological polar surface area (TPSA) is 56.1 Å². The maximum absolute atomic E-state index is 12.5. The van der Waals surface area contributed by atoms with Crippen molar-refractivity contribution in [2.45, 2.75) is 12.8 Å². The van der Waals surface area contributed by atoms with Gasteiger partial charge in [0, 0.05) is 33.5 Å². The lowest BCUT2D eigenvalue weighted by molar-refractivity contribution is 0.0790. The van der Waals surface area contributed by atoms with Crippen LogP contribution in [-0.4, -0.2) is 54.8 Å². The predicted molar refractivity (Wildman–Crippen MR) is 79.8 cm³/mol. The largest absolute Gasteiger partial charge is 0.494 e. The molecule has 0 bridgehead atoms. The van der Waals surface area contributed by atoms with Crippen LogP contribution < -0.4 is 4.74 Å². The number of ether oxygens (including phenoxy) is 2. The maximum Gasteiger partial charge on any atom is 0.257 e. The molecule has 2 rings (SSSR count). The molecule has 21 heavy (non-hydrogen) atoms. The van der Waals surface area contributed by atoms with Gasteiger partial charge < -0.3 is 14.4 Å². The third-order valence-electron chi connectivity index (χ3n) is 3.39. The zero-order valence-electron chi connectivity index (χ0n) is 12.7. The van der Waals surface area contributed by atoms with Crippen molar-refractivity contribution in [2.24, 2.45) is 0 Å². The van der Waals surface area contributed by atoms with E-state index in [-0.39, 0.29) is 5.91 Å². The molecule has 0 aliphatic rings. The summed E-state index contributed by atoms with van der Waals surface area (Å²) in [6.45, 7) is 1.40. The monoisotopic (exact) mass is 291 g/mol. The molecule has 0 N–H and O–H groups in total. The average Bonchev–Trinajstić information content (AvgIpc) is 2.94. The number of unbranched alkanes of at least 4 members (excludes halogenated alkanes) is 1. The van der Waals surface area contributed by atoms with E-state index in [2.05, 4.69) is 5.10 Å². The molecular formula is C15H21N3O3. The van der Waals surface area contributed by atoms with Crippen molar-refractivity contribution in [3.63, 3.8) is 0 Å². The first-order valence-corrected chi connectivity index (χ1v) is 6.93. The molecule has 0 saturated heterocycles. The zero-order chi connectivity index (χ0) is 15.2. The van der Waals surface area contributed by atoms with Gasteiger partial charge in [0.05, 0.1) is 18.9 Å². The van der Waals surface area contributed by atoms with Crippen LogP contribution in [0, 0.1) is 0 Å². The molecule has 0 fully saturated rings. The molecule has 0 unspecified atom stereocenters. The SMILES string of the molecule is COCCCCN(C)C(=O)c1cnn2cccc(OC)c12. The lowest BCUT2D eigenvalue weighted by Crippen LogP contribution is -2.27. The van der Waals surface area contributed by atoms with Crippen LogP contribution in [0.1, 0.15) is 23.2 Å². The minimum Gasteiger partial charge on any atom is -0.494 e. The highest BCUT2D eigenvalue weighted by molar-refractivity contribution is 6.01. The van der Waals surface area contributed by atoms with Crippen molar-refractivity contribution < 1.29 is 14.3 Å². The minimum atomic E-state index is -0.0492. The van der Waals surface area contributed by atoms with Crippen LogP contribution in [0.4, 0.5) is 0 Å². The number of rotatable bonds is 7. The Labute approximate surface area is 124 Å². The standard InChI is InChI=1S/C15H21N3O3/c1-17(8-4-5-10-20-2)15(19)12-11-16-18-9-6-7-13(21-3)14(12)18/h6-7,9,11H,4-5,8,10H2,1-3H3. The van der Waals surface area contributed by atoms with Gasteiger partial charge in [0.2, 0.25) is 0 Å². The molecule has 2 heterocycles. The summed E-state index contributed by atoms with van der Waals surface area (Å²) in [6.07, 6.45) is 5.23. The Bertz CT molecular complexity index is 609. The summed E-state index contributed by atoms with van der Waals surface area (Å²) in [5.41, 5.74) is 1.26. The highest BCUT2D eigenvalue weighted by Gasteiger charge is 2.19. The number of hydrogen-bond donors (Lipinski definition) is 0. The van der Waals surface area contributed by atoms with Crippen LogP contribution in [0.15, 0.2) is 24.5 Å². The molecule has 0 atom stereocenters. The van der Waals surface area contributed by atoms with Gasteiger partial charge in [0.25, 0.3) is 5.91 Å². The second-order valence-electron chi connectivity index (χ2n) is 4.85. The fraction of sp³-hybridized carbons (Fsp3) is 0.467. The summed E-state index contributed by atoms with van der Waals surface area (Å²) in [7, 11) is 5.07. The Kier molecular flexibility index (Phi) is 5.16. The van der Waals surface area contributed by atoms with Crippen molar-refractivity contribution in [1.29, 1.82) is 0 Å². The Morgan fingerprint density at radius 1 is 1.38 bits per heavy atom. The van der Waals surface area contributed by atoms with Crippen LogP contribution in [0.5, 0.6) is 5.75 Å². The zero-order valence-corrected chi connectivity index (χ0v) is 12.7. The Morgan fingerprint density at radius 2 is 2.19 bits per heavy atom. The molecule has 0 radical (unpaired) electrons. The highest BCUT2D eigenvalue weighted by Crippen LogP contribution is 2.23. The van der Waals surface area contributed by atoms with E-state index in [1.54, 1.807) is 43.1 Å². The normalized spacial score (nSPS) is 10.8. The Hall–Kier alpha value is -2.08. The molecule has 0 spiro atoms. The van der Waals surface area contributed by atoms with Crippen LogP contribution in [0.3, 0.4) is 0 Å². The maximum atomic E-state index is 12.5. The Balaban J connectivity index is 2.15. The molecule has 1 amide bonds. The number of aromatic nitrogens is 2. The molecule has 6 nitrogen and oxygen atoms in total. The van der Waals surface area contributed by atoms with E-state index in [0.717, 1.165) is 12.8 Å². The van der Waals surface area contributed by atoms with Gasteiger partial charge in [-0.25, -0.2) is 4.52 Å². The molecule has 0 aliphatic carbocycles. The second kappa shape index (κ2) is 7.08. The van der Waals surface area contributed by atoms with Crippen molar-refractivity contribution in [1.82, 2.24) is 14.5 Å². The van der Waals surface area contributed by atoms with Crippen LogP contribution >= 0.6 is 0 Å². The van der Waals surface area contributed by atoms with Gasteiger partial charge in [0.1, 0.15) is 11.3 Å². The number of carbonyl (C=O) groups excluding carboxylic acids is 1. The fourth-order valence-electron chi connectivity index (χ4n) is 2.24. The van der Waals surface area contributed by atoms with Crippen molar-refractivity contribution in [2.75, 3.05) is 34.4 Å². The van der Waals surface area contributed by atoms with Crippen LogP contribution in [-0.2, 0) is 4.74 Å². The summed E-state index contributed by atoms with van der Waals surface area (Å²) in [4.78, 5) is 14.2. The summed E-state index contributed by atoms with van der Waals surface area (Å²) < 4.78 is 12.0. The third-order valence-corrected chi connectivity index (χ3v) is 3.39. The molecular weight excluding hydrogens is 270 g/mol. The first-order chi connectivity index (χ1) is 10.2. The lowest BCUT2D eigenvalue weighted by atomic mass is 10.2. The van der Waals surface area contributed by atoms with Gasteiger partial charge in [-0.2, -0.15) is 5.10 Å². The third kappa shape index (κ3) is 3.33. The smallest absolute Gasteiger partial charge is 0.257 e. The fourth-order valence-corrected chi connectivity index (χ4v) is 2.24. The summed E-state index contributed by atoms with van der Waals surface area (Å²) in [5.74, 6) is 0.595. The van der Waals surface area contributed by atoms with E-state index in [1.165, 1.54) is 0 Å². The molecule has 0 saturated carbocycles. The second-order valence-corrected chi connectivity index (χ2v) is 4.85. The predicted octanol–water partition coefficient (Wildman–Crippen LogP) is 1.84. The van der Waals surface area contributed by atoms with E-state index < -0.39 is 0 Å². The average molecular weight is 291 g/mol. The molecule has 6 heteroatoms. The van der Waals surface area contributed by atoms with Gasteiger partial charge >= 0.3 is 0 Å². The van der Waals surface area contributed by atoms with Gasteiger partial charge in [0.15, 0.2) is 0 Å². The lowest BCUT2D eigenvalue weighted by Gasteiger charge is -2.16. The molecule has 2 aromatic heterocycles. The summed E-state index contributed by atoms with van der Waals surface area (Å²) in [5, 5.41) is 4.21.